The van der Waals surface area contributed by atoms with Gasteiger partial charge >= 0.3 is 5.97 Å². The molecule has 1 aromatic carbocycles. The van der Waals surface area contributed by atoms with Crippen molar-refractivity contribution < 1.29 is 19.7 Å². The molecular weight excluding hydrogens is 280 g/mol. The van der Waals surface area contributed by atoms with Gasteiger partial charge in [-0.05, 0) is 18.4 Å². The first kappa shape index (κ1) is 15.3. The molecule has 0 bridgehead atoms. The monoisotopic (exact) mass is 302 g/mol. The van der Waals surface area contributed by atoms with Crippen molar-refractivity contribution in [1.82, 2.24) is 0 Å². The summed E-state index contributed by atoms with van der Waals surface area (Å²) in [5, 5.41) is 20.2. The molecule has 2 fully saturated rings. The van der Waals surface area contributed by atoms with Gasteiger partial charge in [-0.25, -0.2) is 0 Å². The third-order valence-electron chi connectivity index (χ3n) is 4.70. The van der Waals surface area contributed by atoms with Crippen molar-refractivity contribution in [1.29, 1.82) is 0 Å². The summed E-state index contributed by atoms with van der Waals surface area (Å²) in [5.74, 6) is -0.215. The smallest absolute Gasteiger partial charge is 0.306 e. The van der Waals surface area contributed by atoms with E-state index in [2.05, 4.69) is 0 Å². The SMILES string of the molecule is O=C1C[C@H]2C(C[C@@H](O)C2/C=C/C(O)CCc2ccccc2)O1. The van der Waals surface area contributed by atoms with Gasteiger partial charge in [0.2, 0.25) is 0 Å². The van der Waals surface area contributed by atoms with Crippen LogP contribution in [-0.4, -0.2) is 34.5 Å². The first-order valence-electron chi connectivity index (χ1n) is 7.91. The summed E-state index contributed by atoms with van der Waals surface area (Å²) >= 11 is 0. The molecule has 1 heterocycles. The number of aliphatic hydroxyl groups excluding tert-OH is 2. The molecule has 1 saturated carbocycles. The zero-order valence-corrected chi connectivity index (χ0v) is 12.5. The van der Waals surface area contributed by atoms with Crippen LogP contribution in [0.15, 0.2) is 42.5 Å². The van der Waals surface area contributed by atoms with Crippen LogP contribution < -0.4 is 0 Å². The van der Waals surface area contributed by atoms with E-state index in [9.17, 15) is 15.0 Å². The largest absolute Gasteiger partial charge is 0.462 e. The average Bonchev–Trinajstić information content (AvgIpc) is 2.99. The molecule has 1 aliphatic heterocycles. The van der Waals surface area contributed by atoms with Crippen LogP contribution in [0.25, 0.3) is 0 Å². The van der Waals surface area contributed by atoms with Crippen LogP contribution in [0.4, 0.5) is 0 Å². The quantitative estimate of drug-likeness (QED) is 0.643. The maximum Gasteiger partial charge on any atom is 0.306 e. The average molecular weight is 302 g/mol. The number of carbonyl (C=O) groups excluding carboxylic acids is 1. The van der Waals surface area contributed by atoms with Gasteiger partial charge in [-0.1, -0.05) is 42.5 Å². The standard InChI is InChI=1S/C18H22O4/c19-13(7-6-12-4-2-1-3-5-12)8-9-14-15-10-18(21)22-17(15)11-16(14)20/h1-5,8-9,13-17,19-20H,6-7,10-11H2/b9-8+/t13?,14?,15-,16-,17?/m1/s1. The van der Waals surface area contributed by atoms with Crippen LogP contribution in [0.1, 0.15) is 24.8 Å². The van der Waals surface area contributed by atoms with Crippen molar-refractivity contribution in [2.24, 2.45) is 11.8 Å². The second-order valence-corrected chi connectivity index (χ2v) is 6.25. The van der Waals surface area contributed by atoms with Gasteiger partial charge in [0.15, 0.2) is 0 Å². The number of aryl methyl sites for hydroxylation is 1. The van der Waals surface area contributed by atoms with Gasteiger partial charge < -0.3 is 14.9 Å². The number of rotatable bonds is 5. The second kappa shape index (κ2) is 6.63. The maximum absolute atomic E-state index is 11.3. The minimum absolute atomic E-state index is 0.0556. The predicted octanol–water partition coefficient (Wildman–Crippen LogP) is 1.85. The topological polar surface area (TPSA) is 66.8 Å². The highest BCUT2D eigenvalue weighted by molar-refractivity contribution is 5.72. The van der Waals surface area contributed by atoms with E-state index in [1.165, 1.54) is 5.56 Å². The van der Waals surface area contributed by atoms with E-state index >= 15 is 0 Å². The van der Waals surface area contributed by atoms with Crippen LogP contribution in [0.3, 0.4) is 0 Å². The van der Waals surface area contributed by atoms with Gasteiger partial charge in [-0.3, -0.25) is 4.79 Å². The lowest BCUT2D eigenvalue weighted by atomic mass is 9.91. The highest BCUT2D eigenvalue weighted by Crippen LogP contribution is 2.42. The van der Waals surface area contributed by atoms with E-state index < -0.39 is 12.2 Å². The molecule has 2 aliphatic rings. The highest BCUT2D eigenvalue weighted by atomic mass is 16.6. The van der Waals surface area contributed by atoms with E-state index in [1.807, 2.05) is 36.4 Å². The molecule has 5 atom stereocenters. The van der Waals surface area contributed by atoms with Crippen LogP contribution >= 0.6 is 0 Å². The van der Waals surface area contributed by atoms with Gasteiger partial charge in [0.1, 0.15) is 6.10 Å². The number of ether oxygens (including phenoxy) is 1. The van der Waals surface area contributed by atoms with Gasteiger partial charge in [-0.15, -0.1) is 0 Å². The number of fused-ring (bicyclic) bond motifs is 1. The number of carbonyl (C=O) groups is 1. The molecule has 0 radical (unpaired) electrons. The molecule has 1 aliphatic carbocycles. The van der Waals surface area contributed by atoms with E-state index in [-0.39, 0.29) is 23.9 Å². The molecule has 0 amide bonds. The lowest BCUT2D eigenvalue weighted by molar-refractivity contribution is -0.141. The summed E-state index contributed by atoms with van der Waals surface area (Å²) in [6, 6.07) is 10.0. The van der Waals surface area contributed by atoms with Crippen molar-refractivity contribution in [3.05, 3.63) is 48.0 Å². The Kier molecular flexibility index (Phi) is 4.60. The van der Waals surface area contributed by atoms with Crippen LogP contribution in [0.5, 0.6) is 0 Å². The summed E-state index contributed by atoms with van der Waals surface area (Å²) in [4.78, 5) is 11.3. The molecule has 0 spiro atoms. The third kappa shape index (κ3) is 3.39. The fourth-order valence-electron chi connectivity index (χ4n) is 3.50. The molecule has 22 heavy (non-hydrogen) atoms. The lowest BCUT2D eigenvalue weighted by Crippen LogP contribution is -2.18. The molecular formula is C18H22O4. The lowest BCUT2D eigenvalue weighted by Gasteiger charge is -2.15. The van der Waals surface area contributed by atoms with Crippen molar-refractivity contribution in [3.8, 4) is 0 Å². The van der Waals surface area contributed by atoms with Crippen LogP contribution in [0.2, 0.25) is 0 Å². The Balaban J connectivity index is 1.53. The number of benzene rings is 1. The zero-order chi connectivity index (χ0) is 15.5. The Morgan fingerprint density at radius 2 is 2.09 bits per heavy atom. The number of hydrogen-bond donors (Lipinski definition) is 2. The van der Waals surface area contributed by atoms with Crippen LogP contribution in [-0.2, 0) is 16.0 Å². The van der Waals surface area contributed by atoms with Crippen molar-refractivity contribution in [3.63, 3.8) is 0 Å². The van der Waals surface area contributed by atoms with Gasteiger partial charge in [0.25, 0.3) is 0 Å². The molecule has 3 rings (SSSR count). The summed E-state index contributed by atoms with van der Waals surface area (Å²) in [5.41, 5.74) is 1.20. The molecule has 4 nitrogen and oxygen atoms in total. The van der Waals surface area contributed by atoms with E-state index in [1.54, 1.807) is 6.08 Å². The highest BCUT2D eigenvalue weighted by Gasteiger charge is 2.48. The minimum atomic E-state index is -0.538. The van der Waals surface area contributed by atoms with Gasteiger partial charge in [0.05, 0.1) is 18.6 Å². The maximum atomic E-state index is 11.3. The molecule has 3 unspecified atom stereocenters. The Bertz CT molecular complexity index is 539. The van der Waals surface area contributed by atoms with E-state index in [4.69, 9.17) is 4.74 Å². The molecule has 1 aromatic rings. The Hall–Kier alpha value is -1.65. The molecule has 0 aromatic heterocycles. The fourth-order valence-corrected chi connectivity index (χ4v) is 3.50. The molecule has 118 valence electrons. The first-order chi connectivity index (χ1) is 10.6. The normalized spacial score (nSPS) is 32.2. The number of aliphatic hydroxyl groups is 2. The van der Waals surface area contributed by atoms with Gasteiger partial charge in [-0.2, -0.15) is 0 Å². The number of hydrogen-bond acceptors (Lipinski definition) is 4. The molecule has 2 N–H and O–H groups in total. The van der Waals surface area contributed by atoms with E-state index in [0.717, 1.165) is 6.42 Å². The minimum Gasteiger partial charge on any atom is -0.462 e. The van der Waals surface area contributed by atoms with Gasteiger partial charge in [0, 0.05) is 18.3 Å². The number of esters is 1. The zero-order valence-electron chi connectivity index (χ0n) is 12.5. The first-order valence-corrected chi connectivity index (χ1v) is 7.91. The fraction of sp³-hybridized carbons (Fsp3) is 0.500. The molecule has 4 heteroatoms. The Morgan fingerprint density at radius 1 is 1.32 bits per heavy atom. The molecule has 1 saturated heterocycles. The second-order valence-electron chi connectivity index (χ2n) is 6.25. The summed E-state index contributed by atoms with van der Waals surface area (Å²) < 4.78 is 5.20. The Labute approximate surface area is 130 Å². The summed E-state index contributed by atoms with van der Waals surface area (Å²) in [6.45, 7) is 0. The third-order valence-corrected chi connectivity index (χ3v) is 4.70. The van der Waals surface area contributed by atoms with Crippen molar-refractivity contribution in [2.75, 3.05) is 0 Å². The van der Waals surface area contributed by atoms with E-state index in [0.29, 0.717) is 19.3 Å². The summed E-state index contributed by atoms with van der Waals surface area (Å²) in [7, 11) is 0. The predicted molar refractivity (Wildman–Crippen MR) is 82.0 cm³/mol. The van der Waals surface area contributed by atoms with Crippen molar-refractivity contribution in [2.45, 2.75) is 44.0 Å². The van der Waals surface area contributed by atoms with Crippen molar-refractivity contribution >= 4 is 5.97 Å². The Morgan fingerprint density at radius 3 is 2.86 bits per heavy atom. The van der Waals surface area contributed by atoms with Crippen LogP contribution in [0, 0.1) is 11.8 Å². The summed E-state index contributed by atoms with van der Waals surface area (Å²) in [6.07, 6.45) is 4.78.